The number of carbonyl (C=O) groups is 1. The lowest BCUT2D eigenvalue weighted by Gasteiger charge is -2.40. The lowest BCUT2D eigenvalue weighted by Crippen LogP contribution is -2.43. The summed E-state index contributed by atoms with van der Waals surface area (Å²) >= 11 is 0. The number of carbonyl (C=O) groups excluding carboxylic acids is 1. The maximum Gasteiger partial charge on any atom is 0.178 e. The van der Waals surface area contributed by atoms with Gasteiger partial charge < -0.3 is 4.74 Å². The lowest BCUT2D eigenvalue weighted by atomic mass is 9.68. The number of nitrogens with zero attached hydrogens (tertiary/aromatic N) is 4. The second kappa shape index (κ2) is 6.95. The quantitative estimate of drug-likeness (QED) is 0.813. The monoisotopic (exact) mass is 376 g/mol. The summed E-state index contributed by atoms with van der Waals surface area (Å²) in [4.78, 5) is 20.8. The number of nitriles is 2. The molecule has 1 aliphatic rings. The van der Waals surface area contributed by atoms with Gasteiger partial charge in [0.15, 0.2) is 5.78 Å². The number of hydrogen-bond donors (Lipinski definition) is 0. The topological polar surface area (TPSA) is 99.7 Å². The van der Waals surface area contributed by atoms with E-state index >= 15 is 0 Å². The van der Waals surface area contributed by atoms with Crippen molar-refractivity contribution in [3.05, 3.63) is 59.4 Å². The first-order valence-corrected chi connectivity index (χ1v) is 8.51. The summed E-state index contributed by atoms with van der Waals surface area (Å²) in [6, 6.07) is 6.79. The minimum absolute atomic E-state index is 0.0286. The van der Waals surface area contributed by atoms with Gasteiger partial charge in [-0.15, -0.1) is 0 Å². The average Bonchev–Trinajstić information content (AvgIpc) is 2.70. The number of aromatic nitrogens is 2. The number of allylic oxidation sites excluding steroid dienone is 1. The number of halogens is 1. The fraction of sp³-hybridized carbons (Fsp3) is 0.286. The molecule has 2 aromatic heterocycles. The second-order valence-corrected chi connectivity index (χ2v) is 7.28. The van der Waals surface area contributed by atoms with Crippen LogP contribution in [-0.4, -0.2) is 22.9 Å². The van der Waals surface area contributed by atoms with Gasteiger partial charge in [0.2, 0.25) is 0 Å². The van der Waals surface area contributed by atoms with E-state index in [-0.39, 0.29) is 17.8 Å². The summed E-state index contributed by atoms with van der Waals surface area (Å²) in [5.74, 6) is -0.845. The van der Waals surface area contributed by atoms with Gasteiger partial charge in [0.1, 0.15) is 23.6 Å². The van der Waals surface area contributed by atoms with Gasteiger partial charge in [-0.2, -0.15) is 10.5 Å². The van der Waals surface area contributed by atoms with E-state index in [1.807, 2.05) is 12.1 Å². The third kappa shape index (κ3) is 3.17. The van der Waals surface area contributed by atoms with E-state index in [4.69, 9.17) is 10.00 Å². The molecule has 3 rings (SSSR count). The van der Waals surface area contributed by atoms with Gasteiger partial charge in [0, 0.05) is 36.0 Å². The van der Waals surface area contributed by atoms with Gasteiger partial charge in [-0.3, -0.25) is 14.8 Å². The zero-order valence-corrected chi connectivity index (χ0v) is 15.7. The molecule has 28 heavy (non-hydrogen) atoms. The number of Topliss-reactive ketones (excluding diaryl/α,β-unsaturated/α-hetero) is 1. The standard InChI is InChI=1S/C21H17FN4O2/c1-20(2)12-21(28-3,6-15(8-24)19(20)27)18-17(5-16(22)11-26-18)14-4-13(7-23)9-25-10-14/h4-6,9-11H,12H2,1-3H3. The second-order valence-electron chi connectivity index (χ2n) is 7.28. The third-order valence-corrected chi connectivity index (χ3v) is 4.86. The predicted octanol–water partition coefficient (Wildman–Crippen LogP) is 3.45. The van der Waals surface area contributed by atoms with Crippen molar-refractivity contribution in [2.24, 2.45) is 5.41 Å². The van der Waals surface area contributed by atoms with Gasteiger partial charge in [0.25, 0.3) is 0 Å². The highest BCUT2D eigenvalue weighted by Gasteiger charge is 2.48. The summed E-state index contributed by atoms with van der Waals surface area (Å²) in [5.41, 5.74) is -0.596. The zero-order valence-electron chi connectivity index (χ0n) is 15.7. The molecule has 0 bridgehead atoms. The summed E-state index contributed by atoms with van der Waals surface area (Å²) in [6.45, 7) is 3.46. The van der Waals surface area contributed by atoms with Crippen LogP contribution in [0.3, 0.4) is 0 Å². The van der Waals surface area contributed by atoms with Crippen LogP contribution in [0.2, 0.25) is 0 Å². The summed E-state index contributed by atoms with van der Waals surface area (Å²) in [7, 11) is 1.45. The minimum Gasteiger partial charge on any atom is -0.368 e. The zero-order chi connectivity index (χ0) is 20.5. The highest BCUT2D eigenvalue weighted by atomic mass is 19.1. The molecule has 0 saturated carbocycles. The summed E-state index contributed by atoms with van der Waals surface area (Å²) < 4.78 is 19.8. The van der Waals surface area contributed by atoms with Crippen LogP contribution >= 0.6 is 0 Å². The van der Waals surface area contributed by atoms with Crippen LogP contribution in [0.4, 0.5) is 4.39 Å². The van der Waals surface area contributed by atoms with E-state index in [1.54, 1.807) is 19.9 Å². The molecule has 0 spiro atoms. The van der Waals surface area contributed by atoms with Crippen molar-refractivity contribution in [2.75, 3.05) is 7.11 Å². The van der Waals surface area contributed by atoms with E-state index < -0.39 is 16.8 Å². The lowest BCUT2D eigenvalue weighted by molar-refractivity contribution is -0.128. The van der Waals surface area contributed by atoms with Gasteiger partial charge in [-0.25, -0.2) is 4.39 Å². The van der Waals surface area contributed by atoms with Crippen molar-refractivity contribution in [1.82, 2.24) is 9.97 Å². The van der Waals surface area contributed by atoms with Crippen molar-refractivity contribution < 1.29 is 13.9 Å². The van der Waals surface area contributed by atoms with Crippen molar-refractivity contribution in [3.63, 3.8) is 0 Å². The Morgan fingerprint density at radius 3 is 2.57 bits per heavy atom. The Balaban J connectivity index is 2.31. The maximum absolute atomic E-state index is 14.1. The molecule has 0 amide bonds. The van der Waals surface area contributed by atoms with E-state index in [1.165, 1.54) is 31.6 Å². The smallest absolute Gasteiger partial charge is 0.178 e. The average molecular weight is 376 g/mol. The molecule has 2 aromatic rings. The first-order valence-electron chi connectivity index (χ1n) is 8.51. The number of rotatable bonds is 3. The van der Waals surface area contributed by atoms with Crippen molar-refractivity contribution in [3.8, 4) is 23.3 Å². The number of methoxy groups -OCH3 is 1. The largest absolute Gasteiger partial charge is 0.368 e. The first kappa shape index (κ1) is 19.3. The van der Waals surface area contributed by atoms with E-state index in [9.17, 15) is 14.4 Å². The Kier molecular flexibility index (Phi) is 4.80. The van der Waals surface area contributed by atoms with Gasteiger partial charge in [-0.1, -0.05) is 13.8 Å². The molecule has 0 aliphatic heterocycles. The molecule has 0 fully saturated rings. The Labute approximate surface area is 161 Å². The van der Waals surface area contributed by atoms with Crippen LogP contribution < -0.4 is 0 Å². The normalized spacial score (nSPS) is 20.8. The highest BCUT2D eigenvalue weighted by Crippen LogP contribution is 2.47. The van der Waals surface area contributed by atoms with E-state index in [0.717, 1.165) is 6.20 Å². The SMILES string of the molecule is COC1(c2ncc(F)cc2-c2cncc(C#N)c2)C=C(C#N)C(=O)C(C)(C)C1. The molecule has 0 saturated heterocycles. The molecule has 7 heteroatoms. The number of ketones is 1. The maximum atomic E-state index is 14.1. The van der Waals surface area contributed by atoms with Gasteiger partial charge in [0.05, 0.1) is 23.0 Å². The molecule has 1 unspecified atom stereocenters. The molecule has 0 aromatic carbocycles. The first-order chi connectivity index (χ1) is 13.3. The van der Waals surface area contributed by atoms with Crippen LogP contribution in [0.25, 0.3) is 11.1 Å². The minimum atomic E-state index is -1.21. The predicted molar refractivity (Wildman–Crippen MR) is 97.9 cm³/mol. The summed E-state index contributed by atoms with van der Waals surface area (Å²) in [6.07, 6.45) is 5.63. The molecule has 0 N–H and O–H groups in total. The van der Waals surface area contributed by atoms with Crippen molar-refractivity contribution >= 4 is 5.78 Å². The molecule has 1 aliphatic carbocycles. The molecule has 1 atom stereocenters. The Morgan fingerprint density at radius 2 is 1.93 bits per heavy atom. The van der Waals surface area contributed by atoms with Gasteiger partial charge >= 0.3 is 0 Å². The van der Waals surface area contributed by atoms with Crippen LogP contribution in [-0.2, 0) is 15.1 Å². The Bertz CT molecular complexity index is 1080. The molecule has 140 valence electrons. The third-order valence-electron chi connectivity index (χ3n) is 4.86. The van der Waals surface area contributed by atoms with Crippen LogP contribution in [0, 0.1) is 33.9 Å². The summed E-state index contributed by atoms with van der Waals surface area (Å²) in [5, 5.41) is 18.6. The van der Waals surface area contributed by atoms with Crippen LogP contribution in [0.15, 0.2) is 42.4 Å². The Hall–Kier alpha value is -3.42. The molecule has 0 radical (unpaired) electrons. The molecule has 6 nitrogen and oxygen atoms in total. The van der Waals surface area contributed by atoms with Crippen LogP contribution in [0.5, 0.6) is 0 Å². The van der Waals surface area contributed by atoms with Crippen LogP contribution in [0.1, 0.15) is 31.5 Å². The van der Waals surface area contributed by atoms with Gasteiger partial charge in [-0.05, 0) is 24.6 Å². The highest BCUT2D eigenvalue weighted by molar-refractivity contribution is 6.04. The fourth-order valence-corrected chi connectivity index (χ4v) is 3.56. The number of hydrogen-bond acceptors (Lipinski definition) is 6. The van der Waals surface area contributed by atoms with E-state index in [2.05, 4.69) is 9.97 Å². The van der Waals surface area contributed by atoms with Crippen molar-refractivity contribution in [2.45, 2.75) is 25.9 Å². The number of ether oxygens (including phenoxy) is 1. The fourth-order valence-electron chi connectivity index (χ4n) is 3.56. The molecule has 2 heterocycles. The molecular formula is C21H17FN4O2. The Morgan fingerprint density at radius 1 is 1.18 bits per heavy atom. The molecular weight excluding hydrogens is 359 g/mol. The van der Waals surface area contributed by atoms with E-state index in [0.29, 0.717) is 22.4 Å². The number of pyridine rings is 2. The van der Waals surface area contributed by atoms with Crippen molar-refractivity contribution in [1.29, 1.82) is 10.5 Å².